The Hall–Kier alpha value is -0.630. The van der Waals surface area contributed by atoms with E-state index in [1.165, 1.54) is 6.92 Å². The maximum absolute atomic E-state index is 12.6. The molecule has 0 fully saturated rings. The van der Waals surface area contributed by atoms with Crippen LogP contribution in [-0.4, -0.2) is 16.1 Å². The van der Waals surface area contributed by atoms with Crippen LogP contribution < -0.4 is 0 Å². The van der Waals surface area contributed by atoms with Gasteiger partial charge in [0.05, 0.1) is 4.83 Å². The van der Waals surface area contributed by atoms with Crippen LogP contribution in [0.3, 0.4) is 0 Å². The molecule has 106 valence electrons. The summed E-state index contributed by atoms with van der Waals surface area (Å²) in [5.41, 5.74) is -5.37. The van der Waals surface area contributed by atoms with Crippen molar-refractivity contribution in [1.29, 1.82) is 0 Å². The summed E-state index contributed by atoms with van der Waals surface area (Å²) in [6, 6.07) is 2.60. The highest BCUT2D eigenvalue weighted by Crippen LogP contribution is 2.38. The van der Waals surface area contributed by atoms with Crippen molar-refractivity contribution in [1.82, 2.24) is 0 Å². The lowest BCUT2D eigenvalue weighted by Gasteiger charge is -2.11. The fourth-order valence-corrected chi connectivity index (χ4v) is 2.23. The van der Waals surface area contributed by atoms with Crippen LogP contribution in [0.5, 0.6) is 0 Å². The van der Waals surface area contributed by atoms with Crippen LogP contribution in [0.1, 0.15) is 29.3 Å². The summed E-state index contributed by atoms with van der Waals surface area (Å²) in [5, 5.41) is 0. The van der Waals surface area contributed by atoms with Crippen molar-refractivity contribution in [2.75, 3.05) is 0 Å². The molecule has 1 aromatic carbocycles. The fraction of sp³-hybridized carbons (Fsp3) is 0.364. The number of hydrogen-bond acceptors (Lipinski definition) is 2. The molecule has 1 nitrogen and oxygen atoms in total. The number of rotatable bonds is 4. The van der Waals surface area contributed by atoms with Crippen molar-refractivity contribution < 1.29 is 26.7 Å². The molecule has 0 amide bonds. The summed E-state index contributed by atoms with van der Waals surface area (Å²) >= 11 is 2.43. The van der Waals surface area contributed by atoms with Crippen molar-refractivity contribution >= 4 is 33.5 Å². The van der Waals surface area contributed by atoms with E-state index in [1.807, 2.05) is 0 Å². The van der Waals surface area contributed by atoms with Gasteiger partial charge in [0.25, 0.3) is 6.43 Å². The van der Waals surface area contributed by atoms with Crippen molar-refractivity contribution in [3.8, 4) is 0 Å². The highest BCUT2D eigenvalue weighted by atomic mass is 79.9. The standard InChI is InChI=1S/C11H8BrF5OS/c1-5(12)9(18)6-2-7(10(13)14)4-8(3-6)19-11(15,16)17/h2-5,10H,1H3. The molecular formula is C11H8BrF5OS. The van der Waals surface area contributed by atoms with Crippen molar-refractivity contribution in [3.63, 3.8) is 0 Å². The number of thioether (sulfide) groups is 1. The van der Waals surface area contributed by atoms with Gasteiger partial charge in [0.2, 0.25) is 0 Å². The summed E-state index contributed by atoms with van der Waals surface area (Å²) in [6.45, 7) is 1.47. The van der Waals surface area contributed by atoms with Gasteiger partial charge in [-0.3, -0.25) is 4.79 Å². The molecule has 0 aliphatic carbocycles. The molecule has 1 atom stereocenters. The molecule has 0 heterocycles. The summed E-state index contributed by atoms with van der Waals surface area (Å²) in [5.74, 6) is -0.550. The Kier molecular flexibility index (Phi) is 5.37. The predicted octanol–water partition coefficient (Wildman–Crippen LogP) is 5.20. The lowest BCUT2D eigenvalue weighted by molar-refractivity contribution is -0.0328. The van der Waals surface area contributed by atoms with Gasteiger partial charge < -0.3 is 0 Å². The Balaban J connectivity index is 3.22. The third-order valence-corrected chi connectivity index (χ3v) is 3.18. The lowest BCUT2D eigenvalue weighted by atomic mass is 10.1. The van der Waals surface area contributed by atoms with Gasteiger partial charge in [-0.25, -0.2) is 8.78 Å². The average molecular weight is 363 g/mol. The number of halogens is 6. The van der Waals surface area contributed by atoms with Crippen molar-refractivity contribution in [2.24, 2.45) is 0 Å². The fourth-order valence-electron chi connectivity index (χ4n) is 1.31. The number of Topliss-reactive ketones (excluding diaryl/α,β-unsaturated/α-hetero) is 1. The van der Waals surface area contributed by atoms with E-state index < -0.39 is 44.8 Å². The second-order valence-electron chi connectivity index (χ2n) is 3.62. The molecule has 1 rings (SSSR count). The molecule has 19 heavy (non-hydrogen) atoms. The average Bonchev–Trinajstić information content (AvgIpc) is 2.24. The number of benzene rings is 1. The minimum Gasteiger partial charge on any atom is -0.293 e. The van der Waals surface area contributed by atoms with Gasteiger partial charge >= 0.3 is 5.51 Å². The third kappa shape index (κ3) is 5.10. The summed E-state index contributed by atoms with van der Waals surface area (Å²) < 4.78 is 62.0. The van der Waals surface area contributed by atoms with Gasteiger partial charge in [0.15, 0.2) is 5.78 Å². The van der Waals surface area contributed by atoms with Crippen LogP contribution in [0.4, 0.5) is 22.0 Å². The quantitative estimate of drug-likeness (QED) is 0.317. The Bertz CT molecular complexity index is 473. The minimum atomic E-state index is -4.60. The van der Waals surface area contributed by atoms with Crippen molar-refractivity contribution in [3.05, 3.63) is 29.3 Å². The maximum atomic E-state index is 12.6. The summed E-state index contributed by atoms with van der Waals surface area (Å²) in [7, 11) is 0. The molecule has 0 aromatic heterocycles. The van der Waals surface area contributed by atoms with E-state index in [0.717, 1.165) is 18.2 Å². The molecule has 1 aromatic rings. The van der Waals surface area contributed by atoms with Crippen LogP contribution in [0, 0.1) is 0 Å². The first kappa shape index (κ1) is 16.4. The van der Waals surface area contributed by atoms with Crippen LogP contribution >= 0.6 is 27.7 Å². The number of alkyl halides is 6. The Labute approximate surface area is 118 Å². The summed E-state index contributed by atoms with van der Waals surface area (Å²) in [4.78, 5) is 10.6. The highest BCUT2D eigenvalue weighted by Gasteiger charge is 2.30. The zero-order valence-corrected chi connectivity index (χ0v) is 11.9. The van der Waals surface area contributed by atoms with Crippen LogP contribution in [0.2, 0.25) is 0 Å². The van der Waals surface area contributed by atoms with Crippen LogP contribution in [-0.2, 0) is 0 Å². The minimum absolute atomic E-state index is 0.172. The van der Waals surface area contributed by atoms with Crippen LogP contribution in [0.15, 0.2) is 23.1 Å². The van der Waals surface area contributed by atoms with E-state index in [0.29, 0.717) is 0 Å². The Morgan fingerprint density at radius 2 is 1.84 bits per heavy atom. The Morgan fingerprint density at radius 3 is 2.26 bits per heavy atom. The van der Waals surface area contributed by atoms with Gasteiger partial charge in [-0.2, -0.15) is 13.2 Å². The van der Waals surface area contributed by atoms with Gasteiger partial charge in [-0.05, 0) is 36.9 Å². The topological polar surface area (TPSA) is 17.1 Å². The Morgan fingerprint density at radius 1 is 1.26 bits per heavy atom. The molecule has 0 bridgehead atoms. The molecule has 0 saturated heterocycles. The number of carbonyl (C=O) groups excluding carboxylic acids is 1. The number of ketones is 1. The first-order valence-electron chi connectivity index (χ1n) is 4.97. The molecule has 0 radical (unpaired) electrons. The van der Waals surface area contributed by atoms with Gasteiger partial charge in [0, 0.05) is 16.0 Å². The molecule has 0 aliphatic rings. The van der Waals surface area contributed by atoms with E-state index in [9.17, 15) is 26.7 Å². The summed E-state index contributed by atoms with van der Waals surface area (Å²) in [6.07, 6.45) is -2.94. The SMILES string of the molecule is CC(Br)C(=O)c1cc(SC(F)(F)F)cc(C(F)F)c1. The first-order valence-corrected chi connectivity index (χ1v) is 6.70. The normalized spacial score (nSPS) is 13.7. The molecule has 0 spiro atoms. The molecular weight excluding hydrogens is 355 g/mol. The molecule has 1 unspecified atom stereocenters. The van der Waals surface area contributed by atoms with Crippen molar-refractivity contribution in [2.45, 2.75) is 28.6 Å². The van der Waals surface area contributed by atoms with E-state index in [-0.39, 0.29) is 5.56 Å². The largest absolute Gasteiger partial charge is 0.446 e. The second-order valence-corrected chi connectivity index (χ2v) is 6.13. The molecule has 8 heteroatoms. The molecule has 0 saturated carbocycles. The highest BCUT2D eigenvalue weighted by molar-refractivity contribution is 9.10. The number of hydrogen-bond donors (Lipinski definition) is 0. The first-order chi connectivity index (χ1) is 8.60. The van der Waals surface area contributed by atoms with Gasteiger partial charge in [-0.1, -0.05) is 15.9 Å². The van der Waals surface area contributed by atoms with E-state index in [1.54, 1.807) is 0 Å². The zero-order valence-electron chi connectivity index (χ0n) is 9.47. The molecule has 0 N–H and O–H groups in total. The van der Waals surface area contributed by atoms with Gasteiger partial charge in [0.1, 0.15) is 0 Å². The smallest absolute Gasteiger partial charge is 0.293 e. The monoisotopic (exact) mass is 362 g/mol. The van der Waals surface area contributed by atoms with E-state index in [2.05, 4.69) is 15.9 Å². The predicted molar refractivity (Wildman–Crippen MR) is 66.0 cm³/mol. The third-order valence-electron chi connectivity index (χ3n) is 2.06. The number of carbonyl (C=O) groups is 1. The second kappa shape index (κ2) is 6.21. The maximum Gasteiger partial charge on any atom is 0.446 e. The van der Waals surface area contributed by atoms with E-state index >= 15 is 0 Å². The van der Waals surface area contributed by atoms with Crippen LogP contribution in [0.25, 0.3) is 0 Å². The zero-order chi connectivity index (χ0) is 14.8. The van der Waals surface area contributed by atoms with E-state index in [4.69, 9.17) is 0 Å². The van der Waals surface area contributed by atoms with Gasteiger partial charge in [-0.15, -0.1) is 0 Å². The molecule has 0 aliphatic heterocycles. The lowest BCUT2D eigenvalue weighted by Crippen LogP contribution is -2.11.